The molecule has 2 heterocycles. The van der Waals surface area contributed by atoms with Crippen molar-refractivity contribution in [3.63, 3.8) is 0 Å². The highest BCUT2D eigenvalue weighted by molar-refractivity contribution is 5.91. The Morgan fingerprint density at radius 1 is 0.941 bits per heavy atom. The summed E-state index contributed by atoms with van der Waals surface area (Å²) in [6, 6.07) is 15.7. The summed E-state index contributed by atoms with van der Waals surface area (Å²) >= 11 is 0. The molecular formula is C25H25N5O4. The van der Waals surface area contributed by atoms with Gasteiger partial charge in [-0.05, 0) is 74.9 Å². The number of aryl methyl sites for hydroxylation is 1. The molecule has 2 aromatic heterocycles. The van der Waals surface area contributed by atoms with E-state index < -0.39 is 0 Å². The smallest absolute Gasteiger partial charge is 0.262 e. The SMILES string of the molecule is COc1ccc(OCC(=O)Nc2ccc(Oc3cc(-n4nc(C)c(C)c4C)ncn3)cc2)cc1. The van der Waals surface area contributed by atoms with Gasteiger partial charge in [0.1, 0.15) is 23.6 Å². The fourth-order valence-corrected chi connectivity index (χ4v) is 3.19. The van der Waals surface area contributed by atoms with Crippen molar-refractivity contribution < 1.29 is 19.0 Å². The number of rotatable bonds is 8. The first-order chi connectivity index (χ1) is 16.4. The molecule has 2 aromatic carbocycles. The van der Waals surface area contributed by atoms with E-state index in [0.717, 1.165) is 22.7 Å². The van der Waals surface area contributed by atoms with Gasteiger partial charge in [0.15, 0.2) is 12.4 Å². The maximum atomic E-state index is 12.2. The van der Waals surface area contributed by atoms with Crippen molar-refractivity contribution in [3.05, 3.63) is 77.9 Å². The Morgan fingerprint density at radius 2 is 1.62 bits per heavy atom. The van der Waals surface area contributed by atoms with Crippen molar-refractivity contribution >= 4 is 11.6 Å². The highest BCUT2D eigenvalue weighted by atomic mass is 16.5. The molecule has 0 fully saturated rings. The predicted octanol–water partition coefficient (Wildman–Crippen LogP) is 4.41. The first-order valence-electron chi connectivity index (χ1n) is 10.6. The summed E-state index contributed by atoms with van der Waals surface area (Å²) < 4.78 is 18.2. The highest BCUT2D eigenvalue weighted by Crippen LogP contribution is 2.24. The summed E-state index contributed by atoms with van der Waals surface area (Å²) in [5, 5.41) is 7.31. The second-order valence-corrected chi connectivity index (χ2v) is 7.56. The molecule has 174 valence electrons. The fraction of sp³-hybridized carbons (Fsp3) is 0.200. The number of aromatic nitrogens is 4. The molecule has 9 heteroatoms. The summed E-state index contributed by atoms with van der Waals surface area (Å²) in [4.78, 5) is 20.7. The summed E-state index contributed by atoms with van der Waals surface area (Å²) in [5.41, 5.74) is 3.70. The second-order valence-electron chi connectivity index (χ2n) is 7.56. The van der Waals surface area contributed by atoms with Crippen LogP contribution in [0.25, 0.3) is 5.82 Å². The molecule has 4 aromatic rings. The number of nitrogens with one attached hydrogen (secondary N) is 1. The molecule has 0 aliphatic rings. The molecule has 9 nitrogen and oxygen atoms in total. The van der Waals surface area contributed by atoms with Crippen LogP contribution < -0.4 is 19.5 Å². The number of hydrogen-bond donors (Lipinski definition) is 1. The third-order valence-corrected chi connectivity index (χ3v) is 5.29. The molecule has 0 aliphatic heterocycles. The van der Waals surface area contributed by atoms with Crippen LogP contribution in [0.15, 0.2) is 60.9 Å². The van der Waals surface area contributed by atoms with Crippen LogP contribution in [0.1, 0.15) is 17.0 Å². The molecule has 0 spiro atoms. The zero-order chi connectivity index (χ0) is 24.1. The van der Waals surface area contributed by atoms with Gasteiger partial charge >= 0.3 is 0 Å². The quantitative estimate of drug-likeness (QED) is 0.417. The largest absolute Gasteiger partial charge is 0.497 e. The predicted molar refractivity (Wildman–Crippen MR) is 127 cm³/mol. The van der Waals surface area contributed by atoms with Crippen LogP contribution in [0.3, 0.4) is 0 Å². The minimum Gasteiger partial charge on any atom is -0.497 e. The molecule has 0 radical (unpaired) electrons. The highest BCUT2D eigenvalue weighted by Gasteiger charge is 2.12. The zero-order valence-corrected chi connectivity index (χ0v) is 19.4. The van der Waals surface area contributed by atoms with Gasteiger partial charge in [-0.2, -0.15) is 5.10 Å². The lowest BCUT2D eigenvalue weighted by molar-refractivity contribution is -0.118. The minimum atomic E-state index is -0.273. The van der Waals surface area contributed by atoms with Gasteiger partial charge in [0.25, 0.3) is 5.91 Å². The molecule has 1 amide bonds. The van der Waals surface area contributed by atoms with Crippen LogP contribution in [0, 0.1) is 20.8 Å². The first-order valence-corrected chi connectivity index (χ1v) is 10.6. The summed E-state index contributed by atoms with van der Waals surface area (Å²) in [6.07, 6.45) is 1.44. The Morgan fingerprint density at radius 3 is 2.26 bits per heavy atom. The summed E-state index contributed by atoms with van der Waals surface area (Å²) in [6.45, 7) is 5.87. The lowest BCUT2D eigenvalue weighted by Gasteiger charge is -2.10. The molecule has 0 bridgehead atoms. The van der Waals surface area contributed by atoms with Crippen LogP contribution >= 0.6 is 0 Å². The standard InChI is InChI=1S/C25H25N5O4/c1-16-17(2)29-30(18(16)3)23-13-25(27-15-26-23)34-22-7-5-19(6-8-22)28-24(31)14-33-21-11-9-20(32-4)10-12-21/h5-13,15H,14H2,1-4H3,(H,28,31). The van der Waals surface area contributed by atoms with E-state index in [1.165, 1.54) is 6.33 Å². The van der Waals surface area contributed by atoms with Crippen LogP contribution in [-0.2, 0) is 4.79 Å². The van der Waals surface area contributed by atoms with Crippen molar-refractivity contribution in [2.45, 2.75) is 20.8 Å². The van der Waals surface area contributed by atoms with E-state index >= 15 is 0 Å². The number of carbonyl (C=O) groups is 1. The van der Waals surface area contributed by atoms with E-state index in [0.29, 0.717) is 28.9 Å². The Kier molecular flexibility index (Phi) is 6.72. The van der Waals surface area contributed by atoms with Crippen LogP contribution in [0.2, 0.25) is 0 Å². The molecule has 1 N–H and O–H groups in total. The van der Waals surface area contributed by atoms with Crippen molar-refractivity contribution in [1.29, 1.82) is 0 Å². The van der Waals surface area contributed by atoms with Gasteiger partial charge in [-0.3, -0.25) is 4.79 Å². The van der Waals surface area contributed by atoms with Gasteiger partial charge in [-0.25, -0.2) is 14.6 Å². The van der Waals surface area contributed by atoms with Gasteiger partial charge in [0.05, 0.1) is 12.8 Å². The van der Waals surface area contributed by atoms with E-state index in [1.54, 1.807) is 66.4 Å². The molecule has 4 rings (SSSR count). The van der Waals surface area contributed by atoms with E-state index in [4.69, 9.17) is 14.2 Å². The first kappa shape index (κ1) is 22.8. The van der Waals surface area contributed by atoms with Gasteiger partial charge < -0.3 is 19.5 Å². The molecule has 0 saturated carbocycles. The van der Waals surface area contributed by atoms with Crippen LogP contribution in [-0.4, -0.2) is 39.4 Å². The molecule has 0 atom stereocenters. The Bertz CT molecular complexity index is 1280. The molecule has 34 heavy (non-hydrogen) atoms. The average Bonchev–Trinajstić information content (AvgIpc) is 3.12. The number of carbonyl (C=O) groups excluding carboxylic acids is 1. The lowest BCUT2D eigenvalue weighted by atomic mass is 10.2. The maximum absolute atomic E-state index is 12.2. The third-order valence-electron chi connectivity index (χ3n) is 5.29. The van der Waals surface area contributed by atoms with Gasteiger partial charge in [0.2, 0.25) is 5.88 Å². The summed E-state index contributed by atoms with van der Waals surface area (Å²) in [7, 11) is 1.59. The van der Waals surface area contributed by atoms with E-state index in [1.807, 2.05) is 20.8 Å². The van der Waals surface area contributed by atoms with Crippen molar-refractivity contribution in [2.75, 3.05) is 19.0 Å². The summed E-state index contributed by atoms with van der Waals surface area (Å²) in [5.74, 6) is 2.62. The second kappa shape index (κ2) is 10.0. The number of nitrogens with zero attached hydrogens (tertiary/aromatic N) is 4. The molecule has 0 saturated heterocycles. The normalized spacial score (nSPS) is 10.6. The van der Waals surface area contributed by atoms with Crippen LogP contribution in [0.4, 0.5) is 5.69 Å². The third kappa shape index (κ3) is 5.32. The van der Waals surface area contributed by atoms with Gasteiger partial charge in [0, 0.05) is 17.4 Å². The number of benzene rings is 2. The number of hydrogen-bond acceptors (Lipinski definition) is 7. The lowest BCUT2D eigenvalue weighted by Crippen LogP contribution is -2.20. The maximum Gasteiger partial charge on any atom is 0.262 e. The van der Waals surface area contributed by atoms with E-state index in [2.05, 4.69) is 20.4 Å². The topological polar surface area (TPSA) is 100 Å². The Labute approximate surface area is 197 Å². The van der Waals surface area contributed by atoms with Crippen LogP contribution in [0.5, 0.6) is 23.1 Å². The van der Waals surface area contributed by atoms with Crippen molar-refractivity contribution in [2.24, 2.45) is 0 Å². The zero-order valence-electron chi connectivity index (χ0n) is 19.4. The number of amides is 1. The average molecular weight is 460 g/mol. The fourth-order valence-electron chi connectivity index (χ4n) is 3.19. The Balaban J connectivity index is 1.34. The molecule has 0 unspecified atom stereocenters. The monoisotopic (exact) mass is 459 g/mol. The number of anilines is 1. The minimum absolute atomic E-state index is 0.111. The van der Waals surface area contributed by atoms with Gasteiger partial charge in [-0.15, -0.1) is 0 Å². The Hall–Kier alpha value is -4.40. The van der Waals surface area contributed by atoms with Crippen molar-refractivity contribution in [1.82, 2.24) is 19.7 Å². The number of methoxy groups -OCH3 is 1. The van der Waals surface area contributed by atoms with E-state index in [9.17, 15) is 4.79 Å². The molecule has 0 aliphatic carbocycles. The number of ether oxygens (including phenoxy) is 3. The van der Waals surface area contributed by atoms with E-state index in [-0.39, 0.29) is 12.5 Å². The molecular weight excluding hydrogens is 434 g/mol. The van der Waals surface area contributed by atoms with Gasteiger partial charge in [-0.1, -0.05) is 0 Å². The van der Waals surface area contributed by atoms with Crippen molar-refractivity contribution in [3.8, 4) is 28.9 Å².